The fourth-order valence-electron chi connectivity index (χ4n) is 9.67. The minimum atomic E-state index is 1.09. The Morgan fingerprint density at radius 1 is 0.250 bits per heavy atom. The summed E-state index contributed by atoms with van der Waals surface area (Å²) in [6.07, 6.45) is 0. The van der Waals surface area contributed by atoms with Crippen LogP contribution < -0.4 is 4.90 Å². The van der Waals surface area contributed by atoms with E-state index in [-0.39, 0.29) is 0 Å². The van der Waals surface area contributed by atoms with Gasteiger partial charge in [-0.25, -0.2) is 0 Å². The van der Waals surface area contributed by atoms with Crippen LogP contribution in [0.25, 0.3) is 93.5 Å². The van der Waals surface area contributed by atoms with Crippen molar-refractivity contribution in [3.05, 3.63) is 255 Å². The zero-order valence-electron chi connectivity index (χ0n) is 35.1. The highest BCUT2D eigenvalue weighted by Gasteiger charge is 2.18. The Morgan fingerprint density at radius 2 is 0.766 bits per heavy atom. The molecule has 0 radical (unpaired) electrons. The molecule has 0 unspecified atom stereocenters. The quantitative estimate of drug-likeness (QED) is 0.139. The van der Waals surface area contributed by atoms with Gasteiger partial charge in [0.05, 0.1) is 11.0 Å². The van der Waals surface area contributed by atoms with Crippen molar-refractivity contribution in [3.63, 3.8) is 0 Å². The van der Waals surface area contributed by atoms with E-state index in [2.05, 4.69) is 264 Å². The van der Waals surface area contributed by atoms with Gasteiger partial charge < -0.3 is 9.47 Å². The number of hydrogen-bond donors (Lipinski definition) is 0. The third-order valence-corrected chi connectivity index (χ3v) is 12.8. The standard InChI is InChI=1S/C62H42N2/c1-3-14-43(15-4-1)44-28-30-45(31-29-44)46-32-36-52(37-33-46)63(54-22-12-18-50(41-54)56-25-13-26-57-55-23-8-7-16-47(55)34-38-58(56)57)53-21-11-17-48(40-53)49-35-39-62-60(42-49)59-24-9-10-27-61(59)64(62)51-19-5-2-6-20-51/h1-42H. The van der Waals surface area contributed by atoms with Crippen molar-refractivity contribution in [2.24, 2.45) is 0 Å². The van der Waals surface area contributed by atoms with Crippen molar-refractivity contribution in [1.82, 2.24) is 4.57 Å². The summed E-state index contributed by atoms with van der Waals surface area (Å²) in [5.41, 5.74) is 16.4. The smallest absolute Gasteiger partial charge is 0.0541 e. The fourth-order valence-corrected chi connectivity index (χ4v) is 9.67. The monoisotopic (exact) mass is 814 g/mol. The van der Waals surface area contributed by atoms with E-state index in [1.807, 2.05) is 0 Å². The molecular weight excluding hydrogens is 773 g/mol. The van der Waals surface area contributed by atoms with Gasteiger partial charge in [0.1, 0.15) is 0 Å². The number of fused-ring (bicyclic) bond motifs is 6. The molecule has 0 N–H and O–H groups in total. The van der Waals surface area contributed by atoms with Gasteiger partial charge in [0.2, 0.25) is 0 Å². The third kappa shape index (κ3) is 6.61. The van der Waals surface area contributed by atoms with Gasteiger partial charge in [-0.05, 0) is 133 Å². The number of para-hydroxylation sites is 2. The van der Waals surface area contributed by atoms with E-state index < -0.39 is 0 Å². The third-order valence-electron chi connectivity index (χ3n) is 12.8. The molecule has 0 aliphatic heterocycles. The molecule has 0 fully saturated rings. The minimum absolute atomic E-state index is 1.09. The van der Waals surface area contributed by atoms with Crippen LogP contribution >= 0.6 is 0 Å². The maximum absolute atomic E-state index is 2.40. The predicted octanol–water partition coefficient (Wildman–Crippen LogP) is 17.2. The van der Waals surface area contributed by atoms with Crippen LogP contribution in [-0.2, 0) is 0 Å². The molecule has 2 heteroatoms. The first kappa shape index (κ1) is 37.3. The van der Waals surface area contributed by atoms with Crippen LogP contribution in [0.15, 0.2) is 255 Å². The van der Waals surface area contributed by atoms with Crippen LogP contribution in [0.1, 0.15) is 0 Å². The van der Waals surface area contributed by atoms with Crippen molar-refractivity contribution in [1.29, 1.82) is 0 Å². The number of anilines is 3. The topological polar surface area (TPSA) is 8.17 Å². The average molecular weight is 815 g/mol. The largest absolute Gasteiger partial charge is 0.310 e. The molecule has 12 aromatic rings. The molecule has 1 aromatic heterocycles. The number of aromatic nitrogens is 1. The summed E-state index contributed by atoms with van der Waals surface area (Å²) < 4.78 is 2.37. The van der Waals surface area contributed by atoms with Crippen molar-refractivity contribution < 1.29 is 0 Å². The van der Waals surface area contributed by atoms with Gasteiger partial charge in [-0.15, -0.1) is 0 Å². The molecule has 0 saturated heterocycles. The van der Waals surface area contributed by atoms with Gasteiger partial charge in [-0.2, -0.15) is 0 Å². The average Bonchev–Trinajstić information content (AvgIpc) is 3.71. The van der Waals surface area contributed by atoms with Crippen molar-refractivity contribution in [2.75, 3.05) is 4.90 Å². The lowest BCUT2D eigenvalue weighted by molar-refractivity contribution is 1.18. The van der Waals surface area contributed by atoms with E-state index in [0.29, 0.717) is 0 Å². The lowest BCUT2D eigenvalue weighted by Gasteiger charge is -2.27. The van der Waals surface area contributed by atoms with E-state index in [4.69, 9.17) is 0 Å². The molecule has 2 nitrogen and oxygen atoms in total. The Kier molecular flexibility index (Phi) is 9.20. The second-order valence-corrected chi connectivity index (χ2v) is 16.5. The maximum Gasteiger partial charge on any atom is 0.0541 e. The van der Waals surface area contributed by atoms with Gasteiger partial charge in [0, 0.05) is 33.5 Å². The van der Waals surface area contributed by atoms with Crippen molar-refractivity contribution in [2.45, 2.75) is 0 Å². The molecule has 0 saturated carbocycles. The molecule has 1 heterocycles. The number of benzene rings is 11. The van der Waals surface area contributed by atoms with E-state index in [0.717, 1.165) is 28.3 Å². The van der Waals surface area contributed by atoms with Crippen LogP contribution in [0.3, 0.4) is 0 Å². The molecule has 11 aromatic carbocycles. The number of hydrogen-bond acceptors (Lipinski definition) is 1. The Morgan fingerprint density at radius 3 is 1.52 bits per heavy atom. The number of nitrogens with zero attached hydrogens (tertiary/aromatic N) is 2. The summed E-state index contributed by atoms with van der Waals surface area (Å²) in [4.78, 5) is 2.40. The highest BCUT2D eigenvalue weighted by atomic mass is 15.1. The van der Waals surface area contributed by atoms with Crippen LogP contribution in [0.5, 0.6) is 0 Å². The molecule has 0 aliphatic carbocycles. The maximum atomic E-state index is 2.40. The van der Waals surface area contributed by atoms with E-state index in [9.17, 15) is 0 Å². The molecule has 12 rings (SSSR count). The minimum Gasteiger partial charge on any atom is -0.310 e. The van der Waals surface area contributed by atoms with Gasteiger partial charge in [-0.1, -0.05) is 188 Å². The van der Waals surface area contributed by atoms with Gasteiger partial charge in [0.25, 0.3) is 0 Å². The molecule has 0 atom stereocenters. The highest BCUT2D eigenvalue weighted by molar-refractivity contribution is 6.12. The summed E-state index contributed by atoms with van der Waals surface area (Å²) in [6.45, 7) is 0. The first-order valence-electron chi connectivity index (χ1n) is 22.0. The van der Waals surface area contributed by atoms with Crippen LogP contribution in [0.2, 0.25) is 0 Å². The Labute approximate surface area is 373 Å². The Bertz CT molecular complexity index is 3640. The number of rotatable bonds is 8. The highest BCUT2D eigenvalue weighted by Crippen LogP contribution is 2.42. The van der Waals surface area contributed by atoms with Crippen molar-refractivity contribution in [3.8, 4) is 50.2 Å². The summed E-state index contributed by atoms with van der Waals surface area (Å²) in [6, 6.07) is 92.7. The molecule has 0 spiro atoms. The summed E-state index contributed by atoms with van der Waals surface area (Å²) in [5, 5.41) is 7.52. The zero-order valence-corrected chi connectivity index (χ0v) is 35.1. The fraction of sp³-hybridized carbons (Fsp3) is 0. The zero-order chi connectivity index (χ0) is 42.4. The Hall–Kier alpha value is -8.46. The lowest BCUT2D eigenvalue weighted by Crippen LogP contribution is -2.10. The lowest BCUT2D eigenvalue weighted by atomic mass is 9.94. The van der Waals surface area contributed by atoms with Gasteiger partial charge >= 0.3 is 0 Å². The van der Waals surface area contributed by atoms with Crippen LogP contribution in [0, 0.1) is 0 Å². The van der Waals surface area contributed by atoms with Crippen LogP contribution in [0.4, 0.5) is 17.1 Å². The first-order chi connectivity index (χ1) is 31.7. The van der Waals surface area contributed by atoms with Gasteiger partial charge in [0.15, 0.2) is 0 Å². The summed E-state index contributed by atoms with van der Waals surface area (Å²) in [7, 11) is 0. The predicted molar refractivity (Wildman–Crippen MR) is 272 cm³/mol. The van der Waals surface area contributed by atoms with Gasteiger partial charge in [-0.3, -0.25) is 0 Å². The van der Waals surface area contributed by atoms with E-state index >= 15 is 0 Å². The molecule has 0 amide bonds. The molecule has 0 bridgehead atoms. The summed E-state index contributed by atoms with van der Waals surface area (Å²) >= 11 is 0. The second kappa shape index (κ2) is 15.8. The van der Waals surface area contributed by atoms with E-state index in [1.54, 1.807) is 0 Å². The molecular formula is C62H42N2. The second-order valence-electron chi connectivity index (χ2n) is 16.5. The van der Waals surface area contributed by atoms with Crippen LogP contribution in [-0.4, -0.2) is 4.57 Å². The van der Waals surface area contributed by atoms with Crippen molar-refractivity contribution >= 4 is 60.4 Å². The molecule has 300 valence electrons. The summed E-state index contributed by atoms with van der Waals surface area (Å²) in [5.74, 6) is 0. The Balaban J connectivity index is 0.973. The normalized spacial score (nSPS) is 11.4. The first-order valence-corrected chi connectivity index (χ1v) is 22.0. The SMILES string of the molecule is c1ccc(-c2ccc(-c3ccc(N(c4cccc(-c5ccc6c(c5)c5ccccc5n6-c5ccccc5)c4)c4cccc(-c5cccc6c5ccc5ccccc56)c4)cc3)cc2)cc1. The molecule has 64 heavy (non-hydrogen) atoms. The molecule has 0 aliphatic rings. The van der Waals surface area contributed by atoms with E-state index in [1.165, 1.54) is 82.3 Å².